The minimum absolute atomic E-state index is 0.136. The lowest BCUT2D eigenvalue weighted by Gasteiger charge is -2.22. The first-order valence-electron chi connectivity index (χ1n) is 9.68. The van der Waals surface area contributed by atoms with Crippen LogP contribution in [0.4, 0.5) is 0 Å². The average Bonchev–Trinajstić information content (AvgIpc) is 3.32. The lowest BCUT2D eigenvalue weighted by molar-refractivity contribution is 0.0948. The maximum atomic E-state index is 12.3. The quantitative estimate of drug-likeness (QED) is 0.755. The summed E-state index contributed by atoms with van der Waals surface area (Å²) in [5.74, 6) is -0.136. The van der Waals surface area contributed by atoms with Crippen LogP contribution in [0.1, 0.15) is 64.2 Å². The lowest BCUT2D eigenvalue weighted by atomic mass is 10.0. The molecule has 8 heteroatoms. The smallest absolute Gasteiger partial charge is 0.273 e. The van der Waals surface area contributed by atoms with Crippen LogP contribution in [-0.2, 0) is 19.3 Å². The molecule has 1 saturated heterocycles. The molecule has 0 radical (unpaired) electrons. The van der Waals surface area contributed by atoms with Crippen LogP contribution >= 0.6 is 11.3 Å². The van der Waals surface area contributed by atoms with Crippen molar-refractivity contribution in [2.75, 3.05) is 19.6 Å². The number of rotatable bonds is 6. The number of piperidine rings is 1. The molecule has 2 aliphatic rings. The molecule has 3 heterocycles. The SMILES string of the molecule is O=C(NCCCc1nc2c(s1)CCCC2)c1cn(C2CCNCC2)nn1. The summed E-state index contributed by atoms with van der Waals surface area (Å²) in [6.07, 6.45) is 10.6. The maximum Gasteiger partial charge on any atom is 0.273 e. The Morgan fingerprint density at radius 1 is 1.31 bits per heavy atom. The Morgan fingerprint density at radius 3 is 3.00 bits per heavy atom. The number of carbonyl (C=O) groups is 1. The highest BCUT2D eigenvalue weighted by Crippen LogP contribution is 2.27. The lowest BCUT2D eigenvalue weighted by Crippen LogP contribution is -2.29. The molecule has 2 aromatic rings. The van der Waals surface area contributed by atoms with E-state index in [1.165, 1.54) is 34.8 Å². The van der Waals surface area contributed by atoms with E-state index in [0.29, 0.717) is 18.3 Å². The van der Waals surface area contributed by atoms with E-state index in [9.17, 15) is 4.79 Å². The molecule has 0 atom stereocenters. The number of amides is 1. The first kappa shape index (κ1) is 17.6. The van der Waals surface area contributed by atoms with E-state index in [1.54, 1.807) is 6.20 Å². The summed E-state index contributed by atoms with van der Waals surface area (Å²) < 4.78 is 1.84. The Morgan fingerprint density at radius 2 is 2.15 bits per heavy atom. The van der Waals surface area contributed by atoms with Crippen LogP contribution in [0.25, 0.3) is 0 Å². The third-order valence-electron chi connectivity index (χ3n) is 5.17. The van der Waals surface area contributed by atoms with Crippen LogP contribution in [0.3, 0.4) is 0 Å². The summed E-state index contributed by atoms with van der Waals surface area (Å²) in [6, 6.07) is 0.348. The summed E-state index contributed by atoms with van der Waals surface area (Å²) in [6.45, 7) is 2.63. The molecular formula is C18H26N6OS. The molecule has 0 saturated carbocycles. The molecule has 0 unspecified atom stereocenters. The van der Waals surface area contributed by atoms with Crippen molar-refractivity contribution in [1.29, 1.82) is 0 Å². The second-order valence-corrected chi connectivity index (χ2v) is 8.28. The highest BCUT2D eigenvalue weighted by Gasteiger charge is 2.19. The monoisotopic (exact) mass is 374 g/mol. The van der Waals surface area contributed by atoms with Crippen molar-refractivity contribution in [3.8, 4) is 0 Å². The minimum Gasteiger partial charge on any atom is -0.351 e. The molecule has 7 nitrogen and oxygen atoms in total. The second-order valence-electron chi connectivity index (χ2n) is 7.11. The van der Waals surface area contributed by atoms with Gasteiger partial charge in [-0.15, -0.1) is 16.4 Å². The molecule has 2 N–H and O–H groups in total. The largest absolute Gasteiger partial charge is 0.351 e. The van der Waals surface area contributed by atoms with E-state index >= 15 is 0 Å². The van der Waals surface area contributed by atoms with Gasteiger partial charge in [-0.25, -0.2) is 9.67 Å². The van der Waals surface area contributed by atoms with Crippen LogP contribution in [0.15, 0.2) is 6.20 Å². The summed E-state index contributed by atoms with van der Waals surface area (Å²) in [5, 5.41) is 15.7. The first-order valence-corrected chi connectivity index (χ1v) is 10.5. The Bertz CT molecular complexity index is 725. The van der Waals surface area contributed by atoms with Gasteiger partial charge in [0, 0.05) is 17.8 Å². The molecule has 1 aliphatic carbocycles. The standard InChI is InChI=1S/C18H26N6OS/c25-18(15-12-24(23-22-15)13-7-10-19-11-8-13)20-9-3-6-17-21-14-4-1-2-5-16(14)26-17/h12-13,19H,1-11H2,(H,20,25). The molecule has 0 spiro atoms. The fourth-order valence-electron chi connectivity index (χ4n) is 3.67. The maximum absolute atomic E-state index is 12.3. The van der Waals surface area contributed by atoms with E-state index in [4.69, 9.17) is 4.98 Å². The Hall–Kier alpha value is -1.80. The molecule has 26 heavy (non-hydrogen) atoms. The van der Waals surface area contributed by atoms with Gasteiger partial charge in [0.15, 0.2) is 5.69 Å². The Kier molecular flexibility index (Phi) is 5.59. The topological polar surface area (TPSA) is 84.7 Å². The van der Waals surface area contributed by atoms with Gasteiger partial charge >= 0.3 is 0 Å². The third-order valence-corrected chi connectivity index (χ3v) is 6.39. The van der Waals surface area contributed by atoms with E-state index in [0.717, 1.165) is 45.2 Å². The van der Waals surface area contributed by atoms with Crippen molar-refractivity contribution in [3.63, 3.8) is 0 Å². The van der Waals surface area contributed by atoms with Crippen molar-refractivity contribution in [2.45, 2.75) is 57.4 Å². The number of thiazole rings is 1. The van der Waals surface area contributed by atoms with E-state index in [1.807, 2.05) is 16.0 Å². The zero-order chi connectivity index (χ0) is 17.8. The third kappa shape index (κ3) is 4.12. The Labute approximate surface area is 157 Å². The summed E-state index contributed by atoms with van der Waals surface area (Å²) >= 11 is 1.86. The molecule has 0 bridgehead atoms. The zero-order valence-corrected chi connectivity index (χ0v) is 15.9. The van der Waals surface area contributed by atoms with Crippen molar-refractivity contribution in [1.82, 2.24) is 30.6 Å². The van der Waals surface area contributed by atoms with Crippen molar-refractivity contribution < 1.29 is 4.79 Å². The van der Waals surface area contributed by atoms with E-state index in [2.05, 4.69) is 20.9 Å². The summed E-state index contributed by atoms with van der Waals surface area (Å²) in [5.41, 5.74) is 1.73. The normalized spacial score (nSPS) is 17.8. The van der Waals surface area contributed by atoms with Crippen LogP contribution in [0, 0.1) is 0 Å². The van der Waals surface area contributed by atoms with E-state index in [-0.39, 0.29) is 5.91 Å². The number of hydrogen-bond acceptors (Lipinski definition) is 6. The zero-order valence-electron chi connectivity index (χ0n) is 15.0. The molecular weight excluding hydrogens is 348 g/mol. The van der Waals surface area contributed by atoms with Gasteiger partial charge in [0.05, 0.1) is 22.9 Å². The van der Waals surface area contributed by atoms with Gasteiger partial charge < -0.3 is 10.6 Å². The molecule has 1 aliphatic heterocycles. The van der Waals surface area contributed by atoms with Gasteiger partial charge in [-0.05, 0) is 58.0 Å². The highest BCUT2D eigenvalue weighted by molar-refractivity contribution is 7.11. The van der Waals surface area contributed by atoms with Crippen LogP contribution in [0.5, 0.6) is 0 Å². The Balaban J connectivity index is 1.22. The fourth-order valence-corrected chi connectivity index (χ4v) is 4.87. The van der Waals surface area contributed by atoms with Crippen LogP contribution in [-0.4, -0.2) is 45.5 Å². The number of hydrogen-bond donors (Lipinski definition) is 2. The van der Waals surface area contributed by atoms with Gasteiger partial charge in [-0.2, -0.15) is 0 Å². The molecule has 1 fully saturated rings. The average molecular weight is 375 g/mol. The predicted octanol–water partition coefficient (Wildman–Crippen LogP) is 1.90. The number of carbonyl (C=O) groups excluding carboxylic acids is 1. The molecule has 0 aromatic carbocycles. The molecule has 4 rings (SSSR count). The summed E-state index contributed by atoms with van der Waals surface area (Å²) in [7, 11) is 0. The van der Waals surface area contributed by atoms with Gasteiger partial charge in [-0.1, -0.05) is 5.21 Å². The molecule has 2 aromatic heterocycles. The predicted molar refractivity (Wildman–Crippen MR) is 101 cm³/mol. The van der Waals surface area contributed by atoms with Crippen LogP contribution in [0.2, 0.25) is 0 Å². The number of fused-ring (bicyclic) bond motifs is 1. The van der Waals surface area contributed by atoms with Gasteiger partial charge in [-0.3, -0.25) is 4.79 Å². The minimum atomic E-state index is -0.136. The van der Waals surface area contributed by atoms with Gasteiger partial charge in [0.2, 0.25) is 0 Å². The number of nitrogens with one attached hydrogen (secondary N) is 2. The van der Waals surface area contributed by atoms with Gasteiger partial charge in [0.1, 0.15) is 0 Å². The number of aryl methyl sites for hydroxylation is 3. The highest BCUT2D eigenvalue weighted by atomic mass is 32.1. The number of aromatic nitrogens is 4. The van der Waals surface area contributed by atoms with Gasteiger partial charge in [0.25, 0.3) is 5.91 Å². The molecule has 140 valence electrons. The fraction of sp³-hybridized carbons (Fsp3) is 0.667. The number of nitrogens with zero attached hydrogens (tertiary/aromatic N) is 4. The summed E-state index contributed by atoms with van der Waals surface area (Å²) in [4.78, 5) is 18.5. The van der Waals surface area contributed by atoms with Crippen molar-refractivity contribution >= 4 is 17.2 Å². The second kappa shape index (κ2) is 8.26. The van der Waals surface area contributed by atoms with Crippen LogP contribution < -0.4 is 10.6 Å². The van der Waals surface area contributed by atoms with E-state index < -0.39 is 0 Å². The first-order chi connectivity index (χ1) is 12.8. The van der Waals surface area contributed by atoms with Crippen molar-refractivity contribution in [3.05, 3.63) is 27.5 Å². The molecule has 1 amide bonds. The van der Waals surface area contributed by atoms with Crippen molar-refractivity contribution in [2.24, 2.45) is 0 Å².